The Morgan fingerprint density at radius 1 is 0.800 bits per heavy atom. The summed E-state index contributed by atoms with van der Waals surface area (Å²) in [6.45, 7) is 0.922. The molecule has 1 aliphatic rings. The lowest BCUT2D eigenvalue weighted by atomic mass is 10.1. The van der Waals surface area contributed by atoms with Crippen molar-refractivity contribution >= 4 is 11.3 Å². The van der Waals surface area contributed by atoms with E-state index in [0.29, 0.717) is 6.04 Å². The second-order valence-corrected chi connectivity index (χ2v) is 6.10. The van der Waals surface area contributed by atoms with Gasteiger partial charge in [0.1, 0.15) is 0 Å². The first-order chi connectivity index (χ1) is 9.93. The van der Waals surface area contributed by atoms with E-state index in [2.05, 4.69) is 71.4 Å². The van der Waals surface area contributed by atoms with Crippen molar-refractivity contribution in [2.24, 2.45) is 0 Å². The van der Waals surface area contributed by atoms with E-state index in [-0.39, 0.29) is 0 Å². The Morgan fingerprint density at radius 2 is 1.45 bits per heavy atom. The number of hydrogen-bond donors (Lipinski definition) is 1. The maximum atomic E-state index is 3.71. The highest BCUT2D eigenvalue weighted by Gasteiger charge is 2.27. The van der Waals surface area contributed by atoms with Crippen molar-refractivity contribution in [3.8, 4) is 11.1 Å². The highest BCUT2D eigenvalue weighted by Crippen LogP contribution is 2.43. The Labute approximate surface area is 122 Å². The Hall–Kier alpha value is -1.90. The summed E-state index contributed by atoms with van der Waals surface area (Å²) in [5.74, 6) is 0. The molecule has 20 heavy (non-hydrogen) atoms. The van der Waals surface area contributed by atoms with Crippen molar-refractivity contribution in [2.75, 3.05) is 0 Å². The number of fused-ring (bicyclic) bond motifs is 3. The molecule has 0 bridgehead atoms. The molecule has 0 saturated carbocycles. The lowest BCUT2D eigenvalue weighted by molar-refractivity contribution is 0.621. The summed E-state index contributed by atoms with van der Waals surface area (Å²) in [5.41, 5.74) is 5.52. The normalized spacial score (nSPS) is 13.2. The molecule has 0 fully saturated rings. The molecule has 1 aromatic heterocycles. The van der Waals surface area contributed by atoms with Crippen LogP contribution >= 0.6 is 11.3 Å². The van der Waals surface area contributed by atoms with E-state index in [1.165, 1.54) is 27.1 Å². The van der Waals surface area contributed by atoms with E-state index in [1.54, 1.807) is 11.3 Å². The van der Waals surface area contributed by atoms with Gasteiger partial charge >= 0.3 is 0 Å². The lowest BCUT2D eigenvalue weighted by Crippen LogP contribution is -2.19. The molecule has 2 aromatic carbocycles. The third-order valence-electron chi connectivity index (χ3n) is 3.89. The molecule has 0 spiro atoms. The van der Waals surface area contributed by atoms with Gasteiger partial charge in [0.25, 0.3) is 0 Å². The van der Waals surface area contributed by atoms with Gasteiger partial charge in [-0.15, -0.1) is 11.3 Å². The first kappa shape index (κ1) is 11.9. The molecule has 1 nitrogen and oxygen atoms in total. The van der Waals surface area contributed by atoms with Crippen molar-refractivity contribution in [2.45, 2.75) is 12.6 Å². The molecule has 1 N–H and O–H groups in total. The first-order valence-corrected chi connectivity index (χ1v) is 7.75. The Bertz CT molecular complexity index is 685. The van der Waals surface area contributed by atoms with Gasteiger partial charge in [-0.1, -0.05) is 54.6 Å². The summed E-state index contributed by atoms with van der Waals surface area (Å²) in [6, 6.07) is 22.0. The van der Waals surface area contributed by atoms with Crippen LogP contribution in [0.15, 0.2) is 66.0 Å². The largest absolute Gasteiger partial charge is 0.301 e. The molecule has 0 atom stereocenters. The molecule has 0 saturated heterocycles. The lowest BCUT2D eigenvalue weighted by Gasteiger charge is -2.15. The van der Waals surface area contributed by atoms with Crippen LogP contribution in [0.1, 0.15) is 22.0 Å². The zero-order valence-electron chi connectivity index (χ0n) is 11.0. The van der Waals surface area contributed by atoms with Crippen molar-refractivity contribution in [3.05, 3.63) is 82.0 Å². The van der Waals surface area contributed by atoms with Crippen LogP contribution in [0.5, 0.6) is 0 Å². The number of rotatable bonds is 3. The fraction of sp³-hybridized carbons (Fsp3) is 0.111. The van der Waals surface area contributed by atoms with E-state index in [0.717, 1.165) is 6.54 Å². The molecule has 3 aromatic rings. The van der Waals surface area contributed by atoms with Crippen LogP contribution in [-0.4, -0.2) is 0 Å². The van der Waals surface area contributed by atoms with Crippen LogP contribution in [0.2, 0.25) is 0 Å². The van der Waals surface area contributed by atoms with Crippen LogP contribution in [0.3, 0.4) is 0 Å². The first-order valence-electron chi connectivity index (χ1n) is 6.87. The van der Waals surface area contributed by atoms with Crippen molar-refractivity contribution in [1.29, 1.82) is 0 Å². The van der Waals surface area contributed by atoms with Gasteiger partial charge in [0, 0.05) is 11.4 Å². The molecular formula is C18H15NS. The SMILES string of the molecule is c1csc(CNC2c3ccccc3-c3ccccc32)c1. The molecule has 0 amide bonds. The number of thiophene rings is 1. The average Bonchev–Trinajstić information content (AvgIpc) is 3.11. The predicted molar refractivity (Wildman–Crippen MR) is 84.9 cm³/mol. The summed E-state index contributed by atoms with van der Waals surface area (Å²) >= 11 is 1.81. The summed E-state index contributed by atoms with van der Waals surface area (Å²) in [4.78, 5) is 1.38. The third kappa shape index (κ3) is 1.89. The molecule has 0 radical (unpaired) electrons. The topological polar surface area (TPSA) is 12.0 Å². The number of nitrogens with one attached hydrogen (secondary N) is 1. The van der Waals surface area contributed by atoms with Gasteiger partial charge in [-0.3, -0.25) is 0 Å². The minimum atomic E-state index is 0.310. The highest BCUT2D eigenvalue weighted by atomic mass is 32.1. The highest BCUT2D eigenvalue weighted by molar-refractivity contribution is 7.09. The summed E-state index contributed by atoms with van der Waals surface area (Å²) in [5, 5.41) is 5.84. The van der Waals surface area contributed by atoms with Crippen LogP contribution < -0.4 is 5.32 Å². The maximum Gasteiger partial charge on any atom is 0.0591 e. The average molecular weight is 277 g/mol. The molecule has 0 unspecified atom stereocenters. The molecule has 98 valence electrons. The minimum Gasteiger partial charge on any atom is -0.301 e. The van der Waals surface area contributed by atoms with Gasteiger partial charge in [-0.2, -0.15) is 0 Å². The van der Waals surface area contributed by atoms with E-state index in [4.69, 9.17) is 0 Å². The van der Waals surface area contributed by atoms with E-state index in [1.807, 2.05) is 0 Å². The molecule has 1 heterocycles. The smallest absolute Gasteiger partial charge is 0.0591 e. The van der Waals surface area contributed by atoms with Crippen LogP contribution in [-0.2, 0) is 6.54 Å². The van der Waals surface area contributed by atoms with Crippen LogP contribution in [0, 0.1) is 0 Å². The molecule has 4 rings (SSSR count). The molecule has 2 heteroatoms. The minimum absolute atomic E-state index is 0.310. The van der Waals surface area contributed by atoms with Gasteiger partial charge in [-0.05, 0) is 33.7 Å². The Kier molecular flexibility index (Phi) is 2.91. The van der Waals surface area contributed by atoms with E-state index in [9.17, 15) is 0 Å². The predicted octanol–water partition coefficient (Wildman–Crippen LogP) is 4.61. The Balaban J connectivity index is 1.72. The van der Waals surface area contributed by atoms with E-state index < -0.39 is 0 Å². The molecular weight excluding hydrogens is 262 g/mol. The van der Waals surface area contributed by atoms with Gasteiger partial charge < -0.3 is 5.32 Å². The molecule has 1 aliphatic carbocycles. The summed E-state index contributed by atoms with van der Waals surface area (Å²) in [7, 11) is 0. The summed E-state index contributed by atoms with van der Waals surface area (Å²) in [6.07, 6.45) is 0. The van der Waals surface area contributed by atoms with Gasteiger partial charge in [0.2, 0.25) is 0 Å². The second-order valence-electron chi connectivity index (χ2n) is 5.07. The second kappa shape index (κ2) is 4.89. The third-order valence-corrected chi connectivity index (χ3v) is 4.77. The van der Waals surface area contributed by atoms with Crippen molar-refractivity contribution in [1.82, 2.24) is 5.32 Å². The standard InChI is InChI=1S/C18H15NS/c1-3-9-16-14(7-1)15-8-2-4-10-17(15)18(16)19-12-13-6-5-11-20-13/h1-11,18-19H,12H2. The number of benzene rings is 2. The van der Waals surface area contributed by atoms with Crippen molar-refractivity contribution < 1.29 is 0 Å². The van der Waals surface area contributed by atoms with Crippen LogP contribution in [0.4, 0.5) is 0 Å². The number of hydrogen-bond acceptors (Lipinski definition) is 2. The van der Waals surface area contributed by atoms with E-state index >= 15 is 0 Å². The zero-order chi connectivity index (χ0) is 13.4. The fourth-order valence-electron chi connectivity index (χ4n) is 2.99. The Morgan fingerprint density at radius 3 is 2.05 bits per heavy atom. The fourth-order valence-corrected chi connectivity index (χ4v) is 3.65. The summed E-state index contributed by atoms with van der Waals surface area (Å²) < 4.78 is 0. The quantitative estimate of drug-likeness (QED) is 0.737. The zero-order valence-corrected chi connectivity index (χ0v) is 11.9. The molecule has 0 aliphatic heterocycles. The maximum absolute atomic E-state index is 3.71. The van der Waals surface area contributed by atoms with Gasteiger partial charge in [0.15, 0.2) is 0 Å². The monoisotopic (exact) mass is 277 g/mol. The van der Waals surface area contributed by atoms with Crippen LogP contribution in [0.25, 0.3) is 11.1 Å². The van der Waals surface area contributed by atoms with Gasteiger partial charge in [0.05, 0.1) is 6.04 Å². The van der Waals surface area contributed by atoms with Gasteiger partial charge in [-0.25, -0.2) is 0 Å². The van der Waals surface area contributed by atoms with Crippen molar-refractivity contribution in [3.63, 3.8) is 0 Å².